The van der Waals surface area contributed by atoms with E-state index in [4.69, 9.17) is 4.74 Å². The summed E-state index contributed by atoms with van der Waals surface area (Å²) in [6.45, 7) is 10.7. The fraction of sp³-hybridized carbons (Fsp3) is 0.900. The third-order valence-corrected chi connectivity index (χ3v) is 2.21. The molecule has 1 rings (SSSR count). The largest absolute Gasteiger partial charge is 0.475 e. The van der Waals surface area contributed by atoms with E-state index in [2.05, 4.69) is 39.6 Å². The lowest BCUT2D eigenvalue weighted by Crippen LogP contribution is -2.26. The van der Waals surface area contributed by atoms with Crippen molar-refractivity contribution in [3.8, 4) is 0 Å². The van der Waals surface area contributed by atoms with E-state index in [-0.39, 0.29) is 0 Å². The van der Waals surface area contributed by atoms with Crippen molar-refractivity contribution in [3.63, 3.8) is 0 Å². The van der Waals surface area contributed by atoms with Gasteiger partial charge in [0.15, 0.2) is 5.90 Å². The summed E-state index contributed by atoms with van der Waals surface area (Å²) in [6, 6.07) is 0.336. The summed E-state index contributed by atoms with van der Waals surface area (Å²) in [4.78, 5) is 4.49. The van der Waals surface area contributed by atoms with E-state index in [0.29, 0.717) is 24.0 Å². The molecular weight excluding hydrogens is 150 g/mol. The zero-order valence-corrected chi connectivity index (χ0v) is 8.66. The molecule has 0 aromatic heterocycles. The molecule has 0 saturated carbocycles. The van der Waals surface area contributed by atoms with Crippen LogP contribution in [0.25, 0.3) is 0 Å². The molecule has 2 heteroatoms. The highest BCUT2D eigenvalue weighted by molar-refractivity contribution is 5.79. The lowest BCUT2D eigenvalue weighted by atomic mass is 10.0. The second kappa shape index (κ2) is 3.46. The summed E-state index contributed by atoms with van der Waals surface area (Å²) in [5, 5.41) is 0. The summed E-state index contributed by atoms with van der Waals surface area (Å²) in [7, 11) is 0. The molecule has 70 valence electrons. The van der Waals surface area contributed by atoms with Crippen molar-refractivity contribution >= 4 is 5.90 Å². The van der Waals surface area contributed by atoms with E-state index >= 15 is 0 Å². The van der Waals surface area contributed by atoms with Crippen molar-refractivity contribution in [2.75, 3.05) is 0 Å². The third-order valence-electron chi connectivity index (χ3n) is 2.21. The Hall–Kier alpha value is -0.530. The molecule has 2 atom stereocenters. The first-order valence-electron chi connectivity index (χ1n) is 4.76. The number of hydrogen-bond acceptors (Lipinski definition) is 2. The van der Waals surface area contributed by atoms with Crippen molar-refractivity contribution in [1.29, 1.82) is 0 Å². The minimum atomic E-state index is 0.294. The Kier molecular flexibility index (Phi) is 2.76. The summed E-state index contributed by atoms with van der Waals surface area (Å²) in [5.41, 5.74) is 0. The van der Waals surface area contributed by atoms with Crippen LogP contribution in [0, 0.1) is 11.8 Å². The molecule has 0 saturated heterocycles. The van der Waals surface area contributed by atoms with Gasteiger partial charge < -0.3 is 4.74 Å². The highest BCUT2D eigenvalue weighted by Gasteiger charge is 2.30. The number of hydrogen-bond donors (Lipinski definition) is 0. The first-order valence-corrected chi connectivity index (χ1v) is 4.76. The summed E-state index contributed by atoms with van der Waals surface area (Å²) in [6.07, 6.45) is 0.294. The summed E-state index contributed by atoms with van der Waals surface area (Å²) >= 11 is 0. The quantitative estimate of drug-likeness (QED) is 0.622. The molecule has 0 amide bonds. The van der Waals surface area contributed by atoms with Gasteiger partial charge in [0.2, 0.25) is 0 Å². The number of ether oxygens (including phenoxy) is 1. The summed E-state index contributed by atoms with van der Waals surface area (Å²) < 4.78 is 5.75. The van der Waals surface area contributed by atoms with Crippen LogP contribution < -0.4 is 0 Å². The Balaban J connectivity index is 2.60. The van der Waals surface area contributed by atoms with E-state index in [1.54, 1.807) is 0 Å². The molecule has 0 bridgehead atoms. The minimum Gasteiger partial charge on any atom is -0.475 e. The zero-order chi connectivity index (χ0) is 9.30. The van der Waals surface area contributed by atoms with Crippen LogP contribution in [0.5, 0.6) is 0 Å². The predicted octanol–water partition coefficient (Wildman–Crippen LogP) is 2.48. The predicted molar refractivity (Wildman–Crippen MR) is 51.4 cm³/mol. The molecule has 0 aromatic rings. The van der Waals surface area contributed by atoms with Gasteiger partial charge in [-0.15, -0.1) is 0 Å². The smallest absolute Gasteiger partial charge is 0.186 e. The zero-order valence-electron chi connectivity index (χ0n) is 8.66. The molecule has 1 heterocycles. The molecular formula is C10H19NO. The molecule has 1 aliphatic heterocycles. The average molecular weight is 169 g/mol. The van der Waals surface area contributed by atoms with Gasteiger partial charge in [-0.1, -0.05) is 27.7 Å². The average Bonchev–Trinajstić information content (AvgIpc) is 2.30. The molecule has 2 nitrogen and oxygen atoms in total. The fourth-order valence-corrected chi connectivity index (χ4v) is 1.52. The first-order chi connectivity index (χ1) is 5.52. The van der Waals surface area contributed by atoms with Crippen LogP contribution in [0.15, 0.2) is 4.99 Å². The third kappa shape index (κ3) is 1.79. The molecule has 1 aliphatic rings. The van der Waals surface area contributed by atoms with Gasteiger partial charge in [0.25, 0.3) is 0 Å². The molecule has 0 radical (unpaired) electrons. The van der Waals surface area contributed by atoms with Crippen LogP contribution >= 0.6 is 0 Å². The van der Waals surface area contributed by atoms with Crippen LogP contribution in [-0.4, -0.2) is 18.0 Å². The second-order valence-corrected chi connectivity index (χ2v) is 4.19. The molecule has 0 aliphatic carbocycles. The lowest BCUT2D eigenvalue weighted by molar-refractivity contribution is 0.139. The number of aliphatic imine (C=N–C) groups is 1. The van der Waals surface area contributed by atoms with E-state index in [1.165, 1.54) is 0 Å². The van der Waals surface area contributed by atoms with Crippen LogP contribution in [0.2, 0.25) is 0 Å². The van der Waals surface area contributed by atoms with Crippen molar-refractivity contribution in [2.24, 2.45) is 16.8 Å². The highest BCUT2D eigenvalue weighted by atomic mass is 16.5. The van der Waals surface area contributed by atoms with Gasteiger partial charge in [-0.3, -0.25) is 0 Å². The van der Waals surface area contributed by atoms with Gasteiger partial charge >= 0.3 is 0 Å². The maximum absolute atomic E-state index is 5.75. The maximum Gasteiger partial charge on any atom is 0.186 e. The van der Waals surface area contributed by atoms with E-state index in [1.807, 2.05) is 0 Å². The number of rotatable bonds is 2. The van der Waals surface area contributed by atoms with Gasteiger partial charge in [0, 0.05) is 5.92 Å². The highest BCUT2D eigenvalue weighted by Crippen LogP contribution is 2.22. The van der Waals surface area contributed by atoms with Crippen LogP contribution in [0.3, 0.4) is 0 Å². The Bertz CT molecular complexity index is 184. The first kappa shape index (κ1) is 9.56. The SMILES string of the molecule is CC(C)C1=NC(C)[C@@H](C(C)C)O1. The fourth-order valence-electron chi connectivity index (χ4n) is 1.52. The van der Waals surface area contributed by atoms with E-state index in [9.17, 15) is 0 Å². The van der Waals surface area contributed by atoms with Gasteiger partial charge in [-0.05, 0) is 12.8 Å². The monoisotopic (exact) mass is 169 g/mol. The Morgan fingerprint density at radius 2 is 1.83 bits per heavy atom. The van der Waals surface area contributed by atoms with Gasteiger partial charge in [0.1, 0.15) is 6.10 Å². The second-order valence-electron chi connectivity index (χ2n) is 4.19. The molecule has 12 heavy (non-hydrogen) atoms. The minimum absolute atomic E-state index is 0.294. The number of nitrogens with zero attached hydrogens (tertiary/aromatic N) is 1. The molecule has 1 unspecified atom stereocenters. The van der Waals surface area contributed by atoms with Crippen molar-refractivity contribution in [3.05, 3.63) is 0 Å². The topological polar surface area (TPSA) is 21.6 Å². The normalized spacial score (nSPS) is 29.4. The summed E-state index contributed by atoms with van der Waals surface area (Å²) in [5.74, 6) is 1.91. The lowest BCUT2D eigenvalue weighted by Gasteiger charge is -2.18. The van der Waals surface area contributed by atoms with Crippen molar-refractivity contribution in [1.82, 2.24) is 0 Å². The Labute approximate surface area is 75.0 Å². The molecule has 0 aromatic carbocycles. The maximum atomic E-state index is 5.75. The van der Waals surface area contributed by atoms with Gasteiger partial charge in [0.05, 0.1) is 6.04 Å². The molecule has 0 N–H and O–H groups in total. The van der Waals surface area contributed by atoms with Crippen molar-refractivity contribution in [2.45, 2.75) is 46.8 Å². The standard InChI is InChI=1S/C10H19NO/c1-6(2)9-8(5)11-10(12-9)7(3)4/h6-9H,1-5H3/t8?,9-/m1/s1. The molecule has 0 fully saturated rings. The Morgan fingerprint density at radius 1 is 1.25 bits per heavy atom. The van der Waals surface area contributed by atoms with E-state index < -0.39 is 0 Å². The Morgan fingerprint density at radius 3 is 2.08 bits per heavy atom. The van der Waals surface area contributed by atoms with Crippen LogP contribution in [0.1, 0.15) is 34.6 Å². The van der Waals surface area contributed by atoms with Gasteiger partial charge in [-0.25, -0.2) is 4.99 Å². The van der Waals surface area contributed by atoms with Crippen molar-refractivity contribution < 1.29 is 4.74 Å². The molecule has 0 spiro atoms. The van der Waals surface area contributed by atoms with Gasteiger partial charge in [-0.2, -0.15) is 0 Å². The van der Waals surface area contributed by atoms with Crippen LogP contribution in [-0.2, 0) is 4.74 Å². The van der Waals surface area contributed by atoms with E-state index in [0.717, 1.165) is 5.90 Å². The van der Waals surface area contributed by atoms with Crippen LogP contribution in [0.4, 0.5) is 0 Å².